The maximum absolute atomic E-state index is 5.95. The molecular weight excluding hydrogens is 210 g/mol. The van der Waals surface area contributed by atoms with Gasteiger partial charge in [-0.3, -0.25) is 4.90 Å². The molecule has 0 bridgehead atoms. The van der Waals surface area contributed by atoms with Crippen molar-refractivity contribution >= 4 is 5.69 Å². The van der Waals surface area contributed by atoms with Crippen molar-refractivity contribution < 1.29 is 0 Å². The van der Waals surface area contributed by atoms with E-state index in [2.05, 4.69) is 48.9 Å². The van der Waals surface area contributed by atoms with E-state index in [4.69, 9.17) is 5.73 Å². The molecule has 1 aromatic carbocycles. The summed E-state index contributed by atoms with van der Waals surface area (Å²) >= 11 is 0. The second-order valence-electron chi connectivity index (χ2n) is 5.26. The lowest BCUT2D eigenvalue weighted by Crippen LogP contribution is -2.49. The molecule has 1 fully saturated rings. The van der Waals surface area contributed by atoms with Crippen LogP contribution in [0.5, 0.6) is 0 Å². The zero-order valence-electron chi connectivity index (χ0n) is 11.1. The average Bonchev–Trinajstić information content (AvgIpc) is 2.29. The number of rotatable bonds is 2. The Morgan fingerprint density at radius 1 is 1.35 bits per heavy atom. The lowest BCUT2D eigenvalue weighted by Gasteiger charge is -2.37. The normalized spacial score (nSPS) is 22.9. The zero-order chi connectivity index (χ0) is 12.4. The third-order valence-corrected chi connectivity index (χ3v) is 3.79. The first kappa shape index (κ1) is 12.4. The van der Waals surface area contributed by atoms with E-state index in [1.165, 1.54) is 11.1 Å². The zero-order valence-corrected chi connectivity index (χ0v) is 11.1. The molecule has 3 heteroatoms. The van der Waals surface area contributed by atoms with Gasteiger partial charge < -0.3 is 10.6 Å². The Kier molecular flexibility index (Phi) is 3.69. The number of piperazine rings is 1. The van der Waals surface area contributed by atoms with Crippen molar-refractivity contribution in [3.05, 3.63) is 29.3 Å². The van der Waals surface area contributed by atoms with Crippen LogP contribution in [0.25, 0.3) is 0 Å². The number of benzene rings is 1. The van der Waals surface area contributed by atoms with Gasteiger partial charge in [0.15, 0.2) is 0 Å². The molecule has 1 aromatic rings. The van der Waals surface area contributed by atoms with Crippen LogP contribution in [0.4, 0.5) is 5.69 Å². The largest absolute Gasteiger partial charge is 0.399 e. The first-order valence-corrected chi connectivity index (χ1v) is 6.34. The van der Waals surface area contributed by atoms with Gasteiger partial charge in [-0.15, -0.1) is 0 Å². The van der Waals surface area contributed by atoms with Gasteiger partial charge >= 0.3 is 0 Å². The molecule has 2 N–H and O–H groups in total. The van der Waals surface area contributed by atoms with E-state index in [-0.39, 0.29) is 0 Å². The minimum atomic E-state index is 0.645. The number of hydrogen-bond donors (Lipinski definition) is 1. The molecule has 1 aliphatic heterocycles. The molecule has 1 saturated heterocycles. The molecule has 0 aliphatic carbocycles. The SMILES string of the molecule is Cc1ccc(CN2CCN(C)C(C)C2)cc1N. The number of nitrogens with two attached hydrogens (primary N) is 1. The Hall–Kier alpha value is -1.06. The fourth-order valence-electron chi connectivity index (χ4n) is 2.31. The van der Waals surface area contributed by atoms with Gasteiger partial charge in [0.2, 0.25) is 0 Å². The average molecular weight is 233 g/mol. The smallest absolute Gasteiger partial charge is 0.0346 e. The lowest BCUT2D eigenvalue weighted by atomic mass is 10.1. The highest BCUT2D eigenvalue weighted by atomic mass is 15.3. The Bertz CT molecular complexity index is 389. The van der Waals surface area contributed by atoms with Gasteiger partial charge in [0.1, 0.15) is 0 Å². The molecule has 0 radical (unpaired) electrons. The first-order valence-electron chi connectivity index (χ1n) is 6.34. The van der Waals surface area contributed by atoms with Gasteiger partial charge in [0.25, 0.3) is 0 Å². The van der Waals surface area contributed by atoms with Crippen molar-refractivity contribution in [2.75, 3.05) is 32.4 Å². The van der Waals surface area contributed by atoms with Crippen LogP contribution in [-0.2, 0) is 6.54 Å². The number of nitrogen functional groups attached to an aromatic ring is 1. The summed E-state index contributed by atoms with van der Waals surface area (Å²) < 4.78 is 0. The summed E-state index contributed by atoms with van der Waals surface area (Å²) in [5.41, 5.74) is 9.35. The van der Waals surface area contributed by atoms with Gasteiger partial charge in [0.05, 0.1) is 0 Å². The van der Waals surface area contributed by atoms with Crippen LogP contribution >= 0.6 is 0 Å². The van der Waals surface area contributed by atoms with Gasteiger partial charge in [-0.1, -0.05) is 12.1 Å². The van der Waals surface area contributed by atoms with Crippen molar-refractivity contribution in [2.24, 2.45) is 0 Å². The molecule has 0 aromatic heterocycles. The highest BCUT2D eigenvalue weighted by molar-refractivity contribution is 5.48. The standard InChI is InChI=1S/C14H23N3/c1-11-4-5-13(8-14(11)15)10-17-7-6-16(3)12(2)9-17/h4-5,8,12H,6-7,9-10,15H2,1-3H3. The quantitative estimate of drug-likeness (QED) is 0.789. The molecule has 1 heterocycles. The van der Waals surface area contributed by atoms with Crippen LogP contribution in [0.3, 0.4) is 0 Å². The molecular formula is C14H23N3. The second kappa shape index (κ2) is 5.07. The summed E-state index contributed by atoms with van der Waals surface area (Å²) in [6.07, 6.45) is 0. The maximum Gasteiger partial charge on any atom is 0.0346 e. The molecule has 3 nitrogen and oxygen atoms in total. The third-order valence-electron chi connectivity index (χ3n) is 3.79. The summed E-state index contributed by atoms with van der Waals surface area (Å²) in [4.78, 5) is 4.93. The summed E-state index contributed by atoms with van der Waals surface area (Å²) in [5, 5.41) is 0. The molecule has 17 heavy (non-hydrogen) atoms. The Balaban J connectivity index is 1.99. The molecule has 2 rings (SSSR count). The molecule has 1 unspecified atom stereocenters. The fraction of sp³-hybridized carbons (Fsp3) is 0.571. The molecule has 0 spiro atoms. The predicted molar refractivity (Wildman–Crippen MR) is 73.0 cm³/mol. The van der Waals surface area contributed by atoms with E-state index in [9.17, 15) is 0 Å². The molecule has 0 saturated carbocycles. The van der Waals surface area contributed by atoms with E-state index < -0.39 is 0 Å². The highest BCUT2D eigenvalue weighted by Crippen LogP contribution is 2.16. The van der Waals surface area contributed by atoms with Crippen LogP contribution in [0.1, 0.15) is 18.1 Å². The van der Waals surface area contributed by atoms with Crippen molar-refractivity contribution in [1.29, 1.82) is 0 Å². The summed E-state index contributed by atoms with van der Waals surface area (Å²) in [6, 6.07) is 7.06. The number of anilines is 1. The van der Waals surface area contributed by atoms with E-state index in [1.54, 1.807) is 0 Å². The predicted octanol–water partition coefficient (Wildman–Crippen LogP) is 1.71. The van der Waals surface area contributed by atoms with Crippen molar-refractivity contribution in [3.63, 3.8) is 0 Å². The Morgan fingerprint density at radius 2 is 2.12 bits per heavy atom. The van der Waals surface area contributed by atoms with Crippen molar-refractivity contribution in [1.82, 2.24) is 9.80 Å². The number of nitrogens with zero attached hydrogens (tertiary/aromatic N) is 2. The minimum Gasteiger partial charge on any atom is -0.399 e. The second-order valence-corrected chi connectivity index (χ2v) is 5.26. The monoisotopic (exact) mass is 233 g/mol. The Morgan fingerprint density at radius 3 is 2.76 bits per heavy atom. The molecule has 0 amide bonds. The molecule has 1 atom stereocenters. The van der Waals surface area contributed by atoms with Gasteiger partial charge in [-0.05, 0) is 38.1 Å². The minimum absolute atomic E-state index is 0.645. The van der Waals surface area contributed by atoms with Crippen molar-refractivity contribution in [2.45, 2.75) is 26.4 Å². The number of likely N-dealkylation sites (N-methyl/N-ethyl adjacent to an activating group) is 1. The van der Waals surface area contributed by atoms with E-state index in [0.29, 0.717) is 6.04 Å². The van der Waals surface area contributed by atoms with Gasteiger partial charge in [0, 0.05) is 37.9 Å². The highest BCUT2D eigenvalue weighted by Gasteiger charge is 2.20. The van der Waals surface area contributed by atoms with E-state index in [0.717, 1.165) is 31.9 Å². The van der Waals surface area contributed by atoms with Crippen LogP contribution < -0.4 is 5.73 Å². The summed E-state index contributed by atoms with van der Waals surface area (Å²) in [5.74, 6) is 0. The van der Waals surface area contributed by atoms with Crippen LogP contribution in [-0.4, -0.2) is 42.5 Å². The topological polar surface area (TPSA) is 32.5 Å². The van der Waals surface area contributed by atoms with E-state index >= 15 is 0 Å². The first-order chi connectivity index (χ1) is 8.06. The Labute approximate surface area is 104 Å². The fourth-order valence-corrected chi connectivity index (χ4v) is 2.31. The van der Waals surface area contributed by atoms with E-state index in [1.807, 2.05) is 0 Å². The molecule has 1 aliphatic rings. The van der Waals surface area contributed by atoms with Gasteiger partial charge in [-0.2, -0.15) is 0 Å². The lowest BCUT2D eigenvalue weighted by molar-refractivity contribution is 0.1000. The number of aryl methyl sites for hydroxylation is 1. The maximum atomic E-state index is 5.95. The van der Waals surface area contributed by atoms with Crippen LogP contribution in [0.15, 0.2) is 18.2 Å². The summed E-state index contributed by atoms with van der Waals surface area (Å²) in [7, 11) is 2.20. The van der Waals surface area contributed by atoms with Gasteiger partial charge in [-0.25, -0.2) is 0 Å². The van der Waals surface area contributed by atoms with Crippen molar-refractivity contribution in [3.8, 4) is 0 Å². The third kappa shape index (κ3) is 2.99. The number of hydrogen-bond acceptors (Lipinski definition) is 3. The molecule has 94 valence electrons. The van der Waals surface area contributed by atoms with Crippen LogP contribution in [0.2, 0.25) is 0 Å². The van der Waals surface area contributed by atoms with Crippen LogP contribution in [0, 0.1) is 6.92 Å². The summed E-state index contributed by atoms with van der Waals surface area (Å²) in [6.45, 7) is 8.80.